The van der Waals surface area contributed by atoms with E-state index in [1.807, 2.05) is 130 Å². The predicted molar refractivity (Wildman–Crippen MR) is 380 cm³/mol. The minimum absolute atomic E-state index is 0.138. The summed E-state index contributed by atoms with van der Waals surface area (Å²) in [6.45, 7) is 9.50. The lowest BCUT2D eigenvalue weighted by molar-refractivity contribution is -0.136. The number of pyridine rings is 6. The highest BCUT2D eigenvalue weighted by Gasteiger charge is 2.21. The number of aryl methyl sites for hydroxylation is 3. The molecule has 1 fully saturated rings. The summed E-state index contributed by atoms with van der Waals surface area (Å²) in [7, 11) is 0. The lowest BCUT2D eigenvalue weighted by Gasteiger charge is -2.26. The molecule has 0 unspecified atom stereocenters. The molecular weight excluding hydrogens is 1300 g/mol. The largest absolute Gasteiger partial charge is 0.487 e. The molecule has 1 aliphatic heterocycles. The molecule has 0 bridgehead atoms. The summed E-state index contributed by atoms with van der Waals surface area (Å²) >= 11 is 0. The smallest absolute Gasteiger partial charge is 0.260 e. The number of hydrogen-bond donors (Lipinski definition) is 0. The van der Waals surface area contributed by atoms with Crippen molar-refractivity contribution in [2.75, 3.05) is 138 Å². The summed E-state index contributed by atoms with van der Waals surface area (Å²) < 4.78 is 72.6. The SMILES string of the molecule is Cc1ccc(-c2ccc(COCCOc3ccccc3OCC(=O)N3CCOCCN(C(=O)COc4ccccc4OCCOCc4ccc(-c5ccc(C)cn5)nc4)CCOCCN(C(=O)COc4ccccc4OCCOCc4ccc(-c5ccc(C)cn5)nc4)CCOCC3)cn2)nc1. The first kappa shape index (κ1) is 74.2. The maximum atomic E-state index is 14.1. The van der Waals surface area contributed by atoms with Crippen LogP contribution in [-0.2, 0) is 62.6 Å². The first-order chi connectivity index (χ1) is 50.1. The topological polar surface area (TPSA) is 249 Å². The molecule has 0 atom stereocenters. The van der Waals surface area contributed by atoms with E-state index in [9.17, 15) is 14.4 Å². The molecular formula is C78H87N9O15. The zero-order valence-corrected chi connectivity index (χ0v) is 57.9. The van der Waals surface area contributed by atoms with E-state index in [1.165, 1.54) is 0 Å². The van der Waals surface area contributed by atoms with E-state index in [0.29, 0.717) is 54.3 Å². The van der Waals surface area contributed by atoms with E-state index in [4.69, 9.17) is 56.8 Å². The zero-order valence-electron chi connectivity index (χ0n) is 57.9. The van der Waals surface area contributed by atoms with Crippen LogP contribution in [0.25, 0.3) is 34.2 Å². The van der Waals surface area contributed by atoms with Crippen molar-refractivity contribution in [2.24, 2.45) is 0 Å². The molecule has 1 saturated heterocycles. The van der Waals surface area contributed by atoms with Gasteiger partial charge in [0.1, 0.15) is 19.8 Å². The molecule has 3 amide bonds. The summed E-state index contributed by atoms with van der Waals surface area (Å²) in [6.07, 6.45) is 10.8. The van der Waals surface area contributed by atoms with Crippen LogP contribution in [0.2, 0.25) is 0 Å². The molecule has 10 rings (SSSR count). The summed E-state index contributed by atoms with van der Waals surface area (Å²) in [5.41, 5.74) is 10.7. The molecule has 24 heteroatoms. The van der Waals surface area contributed by atoms with Gasteiger partial charge in [-0.15, -0.1) is 0 Å². The number of para-hydroxylation sites is 6. The Morgan fingerprint density at radius 2 is 0.539 bits per heavy atom. The molecule has 24 nitrogen and oxygen atoms in total. The molecule has 534 valence electrons. The molecule has 3 aromatic carbocycles. The van der Waals surface area contributed by atoms with Gasteiger partial charge in [0.25, 0.3) is 17.7 Å². The van der Waals surface area contributed by atoms with Crippen LogP contribution < -0.4 is 28.4 Å². The van der Waals surface area contributed by atoms with Gasteiger partial charge in [-0.1, -0.05) is 72.8 Å². The standard InChI is InChI=1S/C78H87N9O15/c1-58-16-22-64(79-46-58)67-25-19-61(49-82-67)52-94-40-43-97-70-10-4-7-13-73(70)100-55-76(88)85-28-34-91-36-30-86(77(89)56-101-74-14-8-5-11-71(74)98-44-41-95-53-62-20-26-68(83-50-62)65-23-17-59(2)47-80-65)32-38-93-39-33-87(31-37-92-35-29-85)78(90)57-102-75-15-9-6-12-72(75)99-45-42-96-54-63-21-27-69(84-51-63)66-24-18-60(3)48-81-66/h4-27,46-51H,28-45,52-57H2,1-3H3. The molecule has 0 spiro atoms. The minimum atomic E-state index is -0.326. The van der Waals surface area contributed by atoms with Crippen molar-refractivity contribution < 1.29 is 71.2 Å². The van der Waals surface area contributed by atoms with Crippen LogP contribution in [0.1, 0.15) is 33.4 Å². The lowest BCUT2D eigenvalue weighted by Crippen LogP contribution is -2.43. The number of carbonyl (C=O) groups excluding carboxylic acids is 3. The summed E-state index contributed by atoms with van der Waals surface area (Å²) in [5.74, 6) is 1.50. The van der Waals surface area contributed by atoms with Crippen molar-refractivity contribution in [3.8, 4) is 68.7 Å². The molecule has 0 aliphatic carbocycles. The second-order valence-corrected chi connectivity index (χ2v) is 23.7. The fourth-order valence-corrected chi connectivity index (χ4v) is 10.2. The van der Waals surface area contributed by atoms with Gasteiger partial charge >= 0.3 is 0 Å². The third-order valence-electron chi connectivity index (χ3n) is 15.9. The van der Waals surface area contributed by atoms with E-state index in [2.05, 4.69) is 29.9 Å². The highest BCUT2D eigenvalue weighted by Crippen LogP contribution is 2.29. The number of rotatable bonds is 30. The van der Waals surface area contributed by atoms with Crippen LogP contribution >= 0.6 is 0 Å². The highest BCUT2D eigenvalue weighted by atomic mass is 16.6. The van der Waals surface area contributed by atoms with Gasteiger partial charge in [-0.3, -0.25) is 44.3 Å². The zero-order chi connectivity index (χ0) is 70.8. The van der Waals surface area contributed by atoms with Gasteiger partial charge in [-0.2, -0.15) is 0 Å². The maximum Gasteiger partial charge on any atom is 0.260 e. The van der Waals surface area contributed by atoms with Crippen LogP contribution in [0.4, 0.5) is 0 Å². The summed E-state index contributed by atoms with van der Waals surface area (Å²) in [4.78, 5) is 74.1. The molecule has 0 radical (unpaired) electrons. The quantitative estimate of drug-likeness (QED) is 0.0380. The molecule has 7 heterocycles. The van der Waals surface area contributed by atoms with Crippen molar-refractivity contribution >= 4 is 17.7 Å². The van der Waals surface area contributed by atoms with Gasteiger partial charge in [0.15, 0.2) is 54.3 Å². The Bertz CT molecular complexity index is 3560. The third-order valence-corrected chi connectivity index (χ3v) is 15.9. The van der Waals surface area contributed by atoms with E-state index >= 15 is 0 Å². The van der Waals surface area contributed by atoms with E-state index < -0.39 is 0 Å². The fourth-order valence-electron chi connectivity index (χ4n) is 10.2. The van der Waals surface area contributed by atoms with Gasteiger partial charge < -0.3 is 71.5 Å². The minimum Gasteiger partial charge on any atom is -0.487 e. The van der Waals surface area contributed by atoms with Crippen molar-refractivity contribution in [1.29, 1.82) is 0 Å². The van der Waals surface area contributed by atoms with Crippen LogP contribution in [0, 0.1) is 20.8 Å². The number of amides is 3. The second kappa shape index (κ2) is 40.7. The average Bonchev–Trinajstić information content (AvgIpc) is 2.08. The van der Waals surface area contributed by atoms with E-state index in [-0.39, 0.29) is 156 Å². The Hall–Kier alpha value is -10.5. The van der Waals surface area contributed by atoms with Gasteiger partial charge in [0.05, 0.1) is 113 Å². The van der Waals surface area contributed by atoms with Crippen molar-refractivity contribution in [1.82, 2.24) is 44.6 Å². The van der Waals surface area contributed by atoms with E-state index in [1.54, 1.807) is 87.9 Å². The van der Waals surface area contributed by atoms with Crippen molar-refractivity contribution in [3.63, 3.8) is 0 Å². The number of carbonyl (C=O) groups is 3. The van der Waals surface area contributed by atoms with Gasteiger partial charge in [-0.25, -0.2) is 0 Å². The third kappa shape index (κ3) is 24.4. The number of hydrogen-bond acceptors (Lipinski definition) is 21. The van der Waals surface area contributed by atoms with Crippen LogP contribution in [0.5, 0.6) is 34.5 Å². The average molecular weight is 1390 g/mol. The summed E-state index contributed by atoms with van der Waals surface area (Å²) in [6, 6.07) is 44.8. The highest BCUT2D eigenvalue weighted by molar-refractivity contribution is 5.79. The fraction of sp³-hybridized carbons (Fsp3) is 0.346. The van der Waals surface area contributed by atoms with Gasteiger partial charge in [-0.05, 0) is 127 Å². The van der Waals surface area contributed by atoms with Crippen LogP contribution in [-0.4, -0.2) is 201 Å². The number of nitrogens with zero attached hydrogens (tertiary/aromatic N) is 9. The Kier molecular flexibility index (Phi) is 29.6. The van der Waals surface area contributed by atoms with Crippen LogP contribution in [0.15, 0.2) is 183 Å². The normalized spacial score (nSPS) is 13.5. The monoisotopic (exact) mass is 1390 g/mol. The van der Waals surface area contributed by atoms with Crippen molar-refractivity contribution in [2.45, 2.75) is 40.6 Å². The van der Waals surface area contributed by atoms with Crippen molar-refractivity contribution in [3.05, 3.63) is 216 Å². The number of benzene rings is 3. The first-order valence-corrected chi connectivity index (χ1v) is 34.0. The predicted octanol–water partition coefficient (Wildman–Crippen LogP) is 9.86. The molecule has 0 saturated carbocycles. The molecule has 9 aromatic rings. The van der Waals surface area contributed by atoms with E-state index in [0.717, 1.165) is 67.5 Å². The number of aromatic nitrogens is 6. The lowest BCUT2D eigenvalue weighted by atomic mass is 10.2. The summed E-state index contributed by atoms with van der Waals surface area (Å²) in [5, 5.41) is 0. The first-order valence-electron chi connectivity index (χ1n) is 34.0. The number of ether oxygens (including phenoxy) is 12. The Morgan fingerprint density at radius 1 is 0.304 bits per heavy atom. The van der Waals surface area contributed by atoms with Crippen LogP contribution in [0.3, 0.4) is 0 Å². The second-order valence-electron chi connectivity index (χ2n) is 23.7. The Labute approximate surface area is 594 Å². The van der Waals surface area contributed by atoms with Gasteiger partial charge in [0, 0.05) is 76.4 Å². The molecule has 6 aromatic heterocycles. The Morgan fingerprint density at radius 3 is 0.765 bits per heavy atom. The molecule has 102 heavy (non-hydrogen) atoms. The Balaban J connectivity index is 0.714. The van der Waals surface area contributed by atoms with Gasteiger partial charge in [0.2, 0.25) is 0 Å². The molecule has 1 aliphatic rings. The molecule has 0 N–H and O–H groups in total. The maximum absolute atomic E-state index is 14.1.